The van der Waals surface area contributed by atoms with Crippen LogP contribution in [0.2, 0.25) is 0 Å². The van der Waals surface area contributed by atoms with Crippen molar-refractivity contribution < 1.29 is 4.74 Å². The minimum atomic E-state index is 0.636. The summed E-state index contributed by atoms with van der Waals surface area (Å²) in [5.74, 6) is 1.64. The van der Waals surface area contributed by atoms with Gasteiger partial charge in [0.05, 0.1) is 19.4 Å². The average Bonchev–Trinajstić information content (AvgIpc) is 3.12. The number of likely N-dealkylation sites (N-methyl/N-ethyl adjacent to an activating group) is 1. The van der Waals surface area contributed by atoms with Gasteiger partial charge >= 0.3 is 0 Å². The molecule has 0 amide bonds. The number of tetrazole rings is 1. The average molecular weight is 405 g/mol. The quantitative estimate of drug-likeness (QED) is 0.630. The van der Waals surface area contributed by atoms with Crippen LogP contribution < -0.4 is 4.74 Å². The lowest BCUT2D eigenvalue weighted by molar-refractivity contribution is 0.342. The van der Waals surface area contributed by atoms with Crippen LogP contribution in [0.5, 0.6) is 5.75 Å². The highest BCUT2D eigenvalue weighted by Gasteiger charge is 2.21. The molecule has 0 N–H and O–H groups in total. The molecule has 0 atom stereocenters. The molecule has 156 valence electrons. The van der Waals surface area contributed by atoms with Crippen molar-refractivity contribution in [2.24, 2.45) is 0 Å². The molecule has 1 aliphatic rings. The van der Waals surface area contributed by atoms with Crippen molar-refractivity contribution in [1.82, 2.24) is 30.0 Å². The van der Waals surface area contributed by atoms with Crippen molar-refractivity contribution in [2.75, 3.05) is 40.3 Å². The molecule has 0 saturated carbocycles. The summed E-state index contributed by atoms with van der Waals surface area (Å²) in [6.07, 6.45) is 3.29. The van der Waals surface area contributed by atoms with Gasteiger partial charge in [-0.05, 0) is 59.8 Å². The van der Waals surface area contributed by atoms with Crippen molar-refractivity contribution in [3.8, 4) is 5.75 Å². The van der Waals surface area contributed by atoms with Gasteiger partial charge in [-0.25, -0.2) is 4.68 Å². The molecule has 7 nitrogen and oxygen atoms in total. The van der Waals surface area contributed by atoms with Gasteiger partial charge in [-0.1, -0.05) is 42.5 Å². The van der Waals surface area contributed by atoms with Gasteiger partial charge in [0, 0.05) is 19.6 Å². The number of methoxy groups -OCH3 is 1. The summed E-state index contributed by atoms with van der Waals surface area (Å²) in [6.45, 7) is 4.67. The van der Waals surface area contributed by atoms with Crippen LogP contribution in [0.3, 0.4) is 0 Å². The van der Waals surface area contributed by atoms with Crippen LogP contribution in [0, 0.1) is 0 Å². The zero-order chi connectivity index (χ0) is 20.8. The summed E-state index contributed by atoms with van der Waals surface area (Å²) >= 11 is 0. The number of aromatic nitrogens is 4. The molecule has 2 aromatic carbocycles. The maximum Gasteiger partial charge on any atom is 0.198 e. The SMILES string of the molecule is COc1ccc(C=C(c2nnnn2Cc2ccccc2)N2CCCN(C)CC2)cc1. The Labute approximate surface area is 177 Å². The van der Waals surface area contributed by atoms with Crippen LogP contribution in [0.4, 0.5) is 0 Å². The summed E-state index contributed by atoms with van der Waals surface area (Å²) in [5.41, 5.74) is 3.32. The minimum absolute atomic E-state index is 0.636. The fourth-order valence-corrected chi connectivity index (χ4v) is 3.69. The monoisotopic (exact) mass is 404 g/mol. The van der Waals surface area contributed by atoms with Gasteiger partial charge in [0.2, 0.25) is 0 Å². The third-order valence-corrected chi connectivity index (χ3v) is 5.42. The predicted octanol–water partition coefficient (Wildman–Crippen LogP) is 2.87. The third-order valence-electron chi connectivity index (χ3n) is 5.42. The fraction of sp³-hybridized carbons (Fsp3) is 0.348. The first-order chi connectivity index (χ1) is 14.7. The van der Waals surface area contributed by atoms with Crippen LogP contribution in [0.1, 0.15) is 23.4 Å². The van der Waals surface area contributed by atoms with E-state index in [1.165, 1.54) is 5.56 Å². The molecule has 1 aliphatic heterocycles. The summed E-state index contributed by atoms with van der Waals surface area (Å²) in [6, 6.07) is 18.4. The van der Waals surface area contributed by atoms with Gasteiger partial charge in [0.15, 0.2) is 5.82 Å². The summed E-state index contributed by atoms with van der Waals surface area (Å²) in [7, 11) is 3.86. The lowest BCUT2D eigenvalue weighted by atomic mass is 10.1. The molecule has 4 rings (SSSR count). The Kier molecular flexibility index (Phi) is 6.39. The van der Waals surface area contributed by atoms with Crippen LogP contribution >= 0.6 is 0 Å². The molecule has 1 fully saturated rings. The van der Waals surface area contributed by atoms with Crippen molar-refractivity contribution in [1.29, 1.82) is 0 Å². The van der Waals surface area contributed by atoms with Gasteiger partial charge in [-0.2, -0.15) is 0 Å². The molecular formula is C23H28N6O. The van der Waals surface area contributed by atoms with Crippen LogP contribution in [-0.2, 0) is 6.54 Å². The molecule has 30 heavy (non-hydrogen) atoms. The summed E-state index contributed by atoms with van der Waals surface area (Å²) in [5, 5.41) is 12.7. The fourth-order valence-electron chi connectivity index (χ4n) is 3.69. The molecule has 0 spiro atoms. The minimum Gasteiger partial charge on any atom is -0.497 e. The van der Waals surface area contributed by atoms with E-state index >= 15 is 0 Å². The number of ether oxygens (including phenoxy) is 1. The van der Waals surface area contributed by atoms with Crippen LogP contribution in [-0.4, -0.2) is 70.3 Å². The number of benzene rings is 2. The highest BCUT2D eigenvalue weighted by Crippen LogP contribution is 2.24. The Hall–Kier alpha value is -3.19. The molecule has 1 saturated heterocycles. The molecule has 7 heteroatoms. The first kappa shape index (κ1) is 20.1. The Morgan fingerprint density at radius 3 is 2.57 bits per heavy atom. The van der Waals surface area contributed by atoms with Crippen molar-refractivity contribution in [3.05, 3.63) is 71.5 Å². The Bertz CT molecular complexity index is 967. The highest BCUT2D eigenvalue weighted by molar-refractivity contribution is 5.77. The molecule has 2 heterocycles. The van der Waals surface area contributed by atoms with Gasteiger partial charge in [0.1, 0.15) is 5.75 Å². The van der Waals surface area contributed by atoms with Crippen molar-refractivity contribution >= 4 is 11.8 Å². The van der Waals surface area contributed by atoms with E-state index in [2.05, 4.69) is 62.7 Å². The second-order valence-corrected chi connectivity index (χ2v) is 7.59. The standard InChI is InChI=1S/C23H28N6O/c1-27-13-6-14-28(16-15-27)22(17-19-9-11-21(30-2)12-10-19)23-24-25-26-29(23)18-20-7-4-3-5-8-20/h3-5,7-12,17H,6,13-16,18H2,1-2H3. The van der Waals surface area contributed by atoms with Gasteiger partial charge in [-0.15, -0.1) is 5.10 Å². The summed E-state index contributed by atoms with van der Waals surface area (Å²) in [4.78, 5) is 4.78. The molecular weight excluding hydrogens is 376 g/mol. The topological polar surface area (TPSA) is 59.3 Å². The van der Waals surface area contributed by atoms with Gasteiger partial charge in [0.25, 0.3) is 0 Å². The largest absolute Gasteiger partial charge is 0.497 e. The number of nitrogens with zero attached hydrogens (tertiary/aromatic N) is 6. The number of rotatable bonds is 6. The predicted molar refractivity (Wildman–Crippen MR) is 118 cm³/mol. The van der Waals surface area contributed by atoms with E-state index in [4.69, 9.17) is 4.74 Å². The smallest absolute Gasteiger partial charge is 0.198 e. The van der Waals surface area contributed by atoms with Crippen LogP contribution in [0.25, 0.3) is 11.8 Å². The van der Waals surface area contributed by atoms with E-state index in [1.807, 2.05) is 35.0 Å². The van der Waals surface area contributed by atoms with E-state index in [0.29, 0.717) is 6.54 Å². The molecule has 0 unspecified atom stereocenters. The second kappa shape index (κ2) is 9.54. The number of hydrogen-bond acceptors (Lipinski definition) is 6. The lowest BCUT2D eigenvalue weighted by Crippen LogP contribution is -2.29. The van der Waals surface area contributed by atoms with E-state index in [0.717, 1.165) is 55.4 Å². The van der Waals surface area contributed by atoms with Crippen LogP contribution in [0.15, 0.2) is 54.6 Å². The van der Waals surface area contributed by atoms with Gasteiger partial charge < -0.3 is 14.5 Å². The Balaban J connectivity index is 1.70. The third kappa shape index (κ3) is 4.86. The maximum atomic E-state index is 5.30. The Morgan fingerprint density at radius 1 is 1.00 bits per heavy atom. The summed E-state index contributed by atoms with van der Waals surface area (Å²) < 4.78 is 7.19. The molecule has 1 aromatic heterocycles. The zero-order valence-corrected chi connectivity index (χ0v) is 17.6. The van der Waals surface area contributed by atoms with E-state index in [-0.39, 0.29) is 0 Å². The van der Waals surface area contributed by atoms with E-state index in [1.54, 1.807) is 7.11 Å². The molecule has 0 bridgehead atoms. The van der Waals surface area contributed by atoms with Crippen molar-refractivity contribution in [3.63, 3.8) is 0 Å². The first-order valence-electron chi connectivity index (χ1n) is 10.3. The number of hydrogen-bond donors (Lipinski definition) is 0. The zero-order valence-electron chi connectivity index (χ0n) is 17.6. The molecule has 3 aromatic rings. The van der Waals surface area contributed by atoms with Crippen molar-refractivity contribution in [2.45, 2.75) is 13.0 Å². The lowest BCUT2D eigenvalue weighted by Gasteiger charge is -2.25. The second-order valence-electron chi connectivity index (χ2n) is 7.59. The Morgan fingerprint density at radius 2 is 1.80 bits per heavy atom. The first-order valence-corrected chi connectivity index (χ1v) is 10.3. The maximum absolute atomic E-state index is 5.30. The molecule has 0 aliphatic carbocycles. The van der Waals surface area contributed by atoms with E-state index in [9.17, 15) is 0 Å². The molecule has 0 radical (unpaired) electrons. The van der Waals surface area contributed by atoms with Gasteiger partial charge in [-0.3, -0.25) is 0 Å². The highest BCUT2D eigenvalue weighted by atomic mass is 16.5. The normalized spacial score (nSPS) is 15.8. The van der Waals surface area contributed by atoms with E-state index < -0.39 is 0 Å².